The van der Waals surface area contributed by atoms with Crippen LogP contribution in [-0.4, -0.2) is 96.7 Å². The summed E-state index contributed by atoms with van der Waals surface area (Å²) in [5.41, 5.74) is 0. The Morgan fingerprint density at radius 2 is 0.575 bits per heavy atom. The second-order valence-corrected chi connectivity index (χ2v) is 25.9. The highest BCUT2D eigenvalue weighted by molar-refractivity contribution is 7.47. The topological polar surface area (TPSA) is 237 Å². The first-order chi connectivity index (χ1) is 38.4. The predicted molar refractivity (Wildman–Crippen MR) is 317 cm³/mol. The molecule has 0 aromatic rings. The molecule has 0 rings (SSSR count). The van der Waals surface area contributed by atoms with E-state index in [2.05, 4.69) is 41.5 Å². The third kappa shape index (κ3) is 55.3. The molecule has 0 bridgehead atoms. The van der Waals surface area contributed by atoms with Gasteiger partial charge in [-0.05, 0) is 37.5 Å². The van der Waals surface area contributed by atoms with E-state index in [0.717, 1.165) is 108 Å². The normalized spacial score (nSPS) is 14.4. The molecule has 0 aliphatic heterocycles. The summed E-state index contributed by atoms with van der Waals surface area (Å²) in [7, 11) is -9.86. The Kier molecular flexibility index (Phi) is 52.5. The number of unbranched alkanes of at least 4 members (excludes halogenated alkanes) is 30. The maximum Gasteiger partial charge on any atom is 0.472 e. The smallest absolute Gasteiger partial charge is 0.462 e. The summed E-state index contributed by atoms with van der Waals surface area (Å²) in [6, 6.07) is 0. The van der Waals surface area contributed by atoms with Crippen LogP contribution in [0, 0.1) is 11.8 Å². The summed E-state index contributed by atoms with van der Waals surface area (Å²) in [6.07, 6.45) is 35.6. The molecule has 3 N–H and O–H groups in total. The van der Waals surface area contributed by atoms with Gasteiger partial charge in [-0.2, -0.15) is 0 Å². The van der Waals surface area contributed by atoms with Gasteiger partial charge < -0.3 is 33.8 Å². The Labute approximate surface area is 486 Å². The number of carbonyl (C=O) groups is 4. The molecule has 0 aromatic heterocycles. The Balaban J connectivity index is 5.12. The number of ether oxygens (including phenoxy) is 4. The molecule has 0 saturated heterocycles. The quantitative estimate of drug-likeness (QED) is 0.0222. The minimum atomic E-state index is -4.94. The van der Waals surface area contributed by atoms with Crippen molar-refractivity contribution in [2.75, 3.05) is 39.6 Å². The van der Waals surface area contributed by atoms with Gasteiger partial charge >= 0.3 is 39.5 Å². The van der Waals surface area contributed by atoms with Crippen LogP contribution in [0.5, 0.6) is 0 Å². The number of esters is 4. The van der Waals surface area contributed by atoms with E-state index >= 15 is 0 Å². The van der Waals surface area contributed by atoms with Gasteiger partial charge in [0.2, 0.25) is 0 Å². The van der Waals surface area contributed by atoms with Crippen LogP contribution in [-0.2, 0) is 65.4 Å². The molecule has 0 spiro atoms. The number of aliphatic hydroxyl groups is 1. The Morgan fingerprint density at radius 3 is 0.850 bits per heavy atom. The lowest BCUT2D eigenvalue weighted by atomic mass is 10.0. The average molecular weight is 1190 g/mol. The van der Waals surface area contributed by atoms with Crippen LogP contribution in [0.1, 0.15) is 298 Å². The highest BCUT2D eigenvalue weighted by atomic mass is 31.2. The van der Waals surface area contributed by atoms with E-state index in [9.17, 15) is 43.2 Å². The summed E-state index contributed by atoms with van der Waals surface area (Å²) >= 11 is 0. The van der Waals surface area contributed by atoms with Crippen LogP contribution in [0.3, 0.4) is 0 Å². The molecular weight excluding hydrogens is 1070 g/mol. The molecule has 5 atom stereocenters. The number of phosphoric acid groups is 2. The zero-order chi connectivity index (χ0) is 59.4. The van der Waals surface area contributed by atoms with Gasteiger partial charge in [0.05, 0.1) is 26.4 Å². The Bertz CT molecular complexity index is 1580. The van der Waals surface area contributed by atoms with Gasteiger partial charge in [-0.1, -0.05) is 247 Å². The first-order valence-corrected chi connectivity index (χ1v) is 35.0. The van der Waals surface area contributed by atoms with Crippen LogP contribution >= 0.6 is 15.6 Å². The van der Waals surface area contributed by atoms with Gasteiger partial charge in [0.15, 0.2) is 12.2 Å². The molecule has 0 saturated carbocycles. The molecule has 80 heavy (non-hydrogen) atoms. The van der Waals surface area contributed by atoms with Gasteiger partial charge in [0, 0.05) is 25.7 Å². The Morgan fingerprint density at radius 1 is 0.338 bits per heavy atom. The lowest BCUT2D eigenvalue weighted by molar-refractivity contribution is -0.161. The zero-order valence-corrected chi connectivity index (χ0v) is 53.2. The van der Waals surface area contributed by atoms with Crippen LogP contribution in [0.25, 0.3) is 0 Å². The summed E-state index contributed by atoms with van der Waals surface area (Å²) in [4.78, 5) is 71.6. The first-order valence-electron chi connectivity index (χ1n) is 32.0. The van der Waals surface area contributed by atoms with Gasteiger partial charge in [-0.25, -0.2) is 9.13 Å². The summed E-state index contributed by atoms with van der Waals surface area (Å²) < 4.78 is 67.5. The monoisotopic (exact) mass is 1180 g/mol. The van der Waals surface area contributed by atoms with Crippen LogP contribution < -0.4 is 0 Å². The highest BCUT2D eigenvalue weighted by Crippen LogP contribution is 2.45. The van der Waals surface area contributed by atoms with E-state index in [1.165, 1.54) is 109 Å². The molecule has 0 fully saturated rings. The lowest BCUT2D eigenvalue weighted by Crippen LogP contribution is -2.30. The minimum Gasteiger partial charge on any atom is -0.462 e. The van der Waals surface area contributed by atoms with E-state index in [0.29, 0.717) is 25.7 Å². The molecular formula is C61H118O17P2. The van der Waals surface area contributed by atoms with E-state index in [4.69, 9.17) is 37.0 Å². The van der Waals surface area contributed by atoms with Gasteiger partial charge in [-0.3, -0.25) is 37.3 Å². The fourth-order valence-corrected chi connectivity index (χ4v) is 10.6. The number of hydrogen-bond donors (Lipinski definition) is 3. The molecule has 19 heteroatoms. The average Bonchev–Trinajstić information content (AvgIpc) is 3.41. The molecule has 0 heterocycles. The molecule has 0 aliphatic rings. The van der Waals surface area contributed by atoms with Crippen molar-refractivity contribution in [3.63, 3.8) is 0 Å². The molecule has 474 valence electrons. The fourth-order valence-electron chi connectivity index (χ4n) is 9.00. The van der Waals surface area contributed by atoms with E-state index < -0.39 is 97.5 Å². The number of phosphoric ester groups is 2. The largest absolute Gasteiger partial charge is 0.472 e. The number of carbonyl (C=O) groups excluding carboxylic acids is 4. The van der Waals surface area contributed by atoms with Crippen LogP contribution in [0.15, 0.2) is 0 Å². The number of rotatable bonds is 60. The van der Waals surface area contributed by atoms with E-state index in [1.807, 2.05) is 0 Å². The van der Waals surface area contributed by atoms with E-state index in [-0.39, 0.29) is 25.7 Å². The van der Waals surface area contributed by atoms with Crippen molar-refractivity contribution >= 4 is 39.5 Å². The molecule has 0 amide bonds. The SMILES string of the molecule is CCCCCCCC(=O)OC[C@H](COP(=O)(O)OC[C@H](O)COP(=O)(O)OC[C@@H](COC(=O)CCCCCCCCCCCCCCC(C)C)OC(=O)CCCCCCCCCCCCCCC(C)C)OC(=O)CCCCCCC. The molecule has 0 aliphatic carbocycles. The Hall–Kier alpha value is -1.94. The van der Waals surface area contributed by atoms with Gasteiger partial charge in [-0.15, -0.1) is 0 Å². The van der Waals surface area contributed by atoms with Crippen molar-refractivity contribution < 1.29 is 80.2 Å². The number of hydrogen-bond acceptors (Lipinski definition) is 15. The van der Waals surface area contributed by atoms with Crippen molar-refractivity contribution in [2.24, 2.45) is 11.8 Å². The molecule has 0 radical (unpaired) electrons. The summed E-state index contributed by atoms with van der Waals surface area (Å²) in [5, 5.41) is 10.5. The second-order valence-electron chi connectivity index (χ2n) is 23.0. The van der Waals surface area contributed by atoms with Crippen molar-refractivity contribution in [1.29, 1.82) is 0 Å². The second kappa shape index (κ2) is 53.8. The fraction of sp³-hybridized carbons (Fsp3) is 0.934. The van der Waals surface area contributed by atoms with Crippen molar-refractivity contribution in [3.8, 4) is 0 Å². The molecule has 17 nitrogen and oxygen atoms in total. The predicted octanol–water partition coefficient (Wildman–Crippen LogP) is 16.5. The van der Waals surface area contributed by atoms with Crippen molar-refractivity contribution in [1.82, 2.24) is 0 Å². The maximum absolute atomic E-state index is 12.9. The van der Waals surface area contributed by atoms with E-state index in [1.54, 1.807) is 0 Å². The molecule has 2 unspecified atom stereocenters. The first kappa shape index (κ1) is 78.1. The van der Waals surface area contributed by atoms with Crippen molar-refractivity contribution in [2.45, 2.75) is 317 Å². The maximum atomic E-state index is 12.9. The van der Waals surface area contributed by atoms with Gasteiger partial charge in [0.1, 0.15) is 19.3 Å². The van der Waals surface area contributed by atoms with Crippen molar-refractivity contribution in [3.05, 3.63) is 0 Å². The van der Waals surface area contributed by atoms with Crippen LogP contribution in [0.2, 0.25) is 0 Å². The third-order valence-corrected chi connectivity index (χ3v) is 15.9. The summed E-state index contributed by atoms with van der Waals surface area (Å²) in [5.74, 6) is -0.601. The summed E-state index contributed by atoms with van der Waals surface area (Å²) in [6.45, 7) is 9.31. The van der Waals surface area contributed by atoms with Crippen LogP contribution in [0.4, 0.5) is 0 Å². The lowest BCUT2D eigenvalue weighted by Gasteiger charge is -2.21. The third-order valence-electron chi connectivity index (χ3n) is 14.0. The van der Waals surface area contributed by atoms with Gasteiger partial charge in [0.25, 0.3) is 0 Å². The zero-order valence-electron chi connectivity index (χ0n) is 51.4. The molecule has 0 aromatic carbocycles. The number of aliphatic hydroxyl groups excluding tert-OH is 1. The standard InChI is InChI=1S/C61H118O17P2/c1-7-9-11-29-37-43-58(63)71-49-56(77-60(65)45-39-30-12-10-8-2)51-75-79(67,68)73-47-55(62)48-74-80(69,70)76-52-57(78-61(66)46-40-34-28-24-20-16-14-18-22-26-32-36-42-54(5)6)50-72-59(64)44-38-33-27-23-19-15-13-17-21-25-31-35-41-53(3)4/h53-57,62H,7-52H2,1-6H3,(H,67,68)(H,69,70)/t55-,56+,57+/m0/s1. The highest BCUT2D eigenvalue weighted by Gasteiger charge is 2.30. The minimum absolute atomic E-state index is 0.0986.